The molecule has 0 amide bonds. The third kappa shape index (κ3) is 4.56. The van der Waals surface area contributed by atoms with Gasteiger partial charge in [0.2, 0.25) is 5.88 Å². The fourth-order valence-electron chi connectivity index (χ4n) is 3.76. The minimum absolute atomic E-state index is 0.0123. The van der Waals surface area contributed by atoms with E-state index in [0.717, 1.165) is 12.0 Å². The van der Waals surface area contributed by atoms with Crippen molar-refractivity contribution in [1.29, 1.82) is 0 Å². The number of guanidine groups is 1. The van der Waals surface area contributed by atoms with Crippen molar-refractivity contribution in [3.8, 4) is 17.3 Å². The van der Waals surface area contributed by atoms with Crippen LogP contribution >= 0.6 is 0 Å². The van der Waals surface area contributed by atoms with Gasteiger partial charge < -0.3 is 24.9 Å². The predicted molar refractivity (Wildman–Crippen MR) is 120 cm³/mol. The first kappa shape index (κ1) is 22.4. The first-order valence-corrected chi connectivity index (χ1v) is 10.4. The molecule has 0 spiro atoms. The molecular weight excluding hydrogens is 427 g/mol. The summed E-state index contributed by atoms with van der Waals surface area (Å²) in [6.45, 7) is 0.392. The van der Waals surface area contributed by atoms with Gasteiger partial charge in [0, 0.05) is 56.8 Å². The minimum atomic E-state index is -1.32. The van der Waals surface area contributed by atoms with Crippen LogP contribution in [0, 0.1) is 11.7 Å². The van der Waals surface area contributed by atoms with Crippen LogP contribution in [0.5, 0.6) is 11.6 Å². The van der Waals surface area contributed by atoms with Gasteiger partial charge in [-0.15, -0.1) is 0 Å². The zero-order valence-corrected chi connectivity index (χ0v) is 18.4. The highest BCUT2D eigenvalue weighted by Crippen LogP contribution is 2.41. The van der Waals surface area contributed by atoms with E-state index in [1.54, 1.807) is 54.4 Å². The Bertz CT molecular complexity index is 1150. The van der Waals surface area contributed by atoms with Crippen LogP contribution < -0.4 is 10.5 Å². The second-order valence-corrected chi connectivity index (χ2v) is 7.92. The fourth-order valence-corrected chi connectivity index (χ4v) is 3.76. The molecule has 9 nitrogen and oxygen atoms in total. The van der Waals surface area contributed by atoms with Crippen LogP contribution in [0.15, 0.2) is 60.0 Å². The van der Waals surface area contributed by atoms with Crippen molar-refractivity contribution in [3.63, 3.8) is 0 Å². The molecule has 0 radical (unpaired) electrons. The summed E-state index contributed by atoms with van der Waals surface area (Å²) in [6.07, 6.45) is 6.25. The monoisotopic (exact) mass is 452 g/mol. The Morgan fingerprint density at radius 2 is 2.21 bits per heavy atom. The van der Waals surface area contributed by atoms with Gasteiger partial charge in [-0.2, -0.15) is 5.10 Å². The molecule has 2 atom stereocenters. The highest BCUT2D eigenvalue weighted by atomic mass is 19.1. The molecule has 10 heteroatoms. The number of aromatic nitrogens is 3. The fraction of sp³-hybridized carbons (Fsp3) is 0.304. The molecule has 1 fully saturated rings. The van der Waals surface area contributed by atoms with E-state index in [1.165, 1.54) is 18.2 Å². The van der Waals surface area contributed by atoms with Crippen LogP contribution in [0.4, 0.5) is 4.39 Å². The molecule has 2 unspecified atom stereocenters. The van der Waals surface area contributed by atoms with Gasteiger partial charge in [0.1, 0.15) is 23.4 Å². The van der Waals surface area contributed by atoms with Crippen LogP contribution in [0.3, 0.4) is 0 Å². The summed E-state index contributed by atoms with van der Waals surface area (Å²) in [6, 6.07) is 9.61. The van der Waals surface area contributed by atoms with E-state index in [4.69, 9.17) is 15.2 Å². The lowest BCUT2D eigenvalue weighted by Crippen LogP contribution is -2.47. The topological polar surface area (TPSA) is 108 Å². The first-order chi connectivity index (χ1) is 15.9. The van der Waals surface area contributed by atoms with E-state index < -0.39 is 17.3 Å². The number of carbonyl (C=O) groups is 1. The lowest BCUT2D eigenvalue weighted by atomic mass is 9.76. The van der Waals surface area contributed by atoms with Crippen molar-refractivity contribution in [2.75, 3.05) is 27.3 Å². The molecule has 172 valence electrons. The van der Waals surface area contributed by atoms with Crippen LogP contribution in [0.2, 0.25) is 0 Å². The summed E-state index contributed by atoms with van der Waals surface area (Å²) in [7, 11) is 3.45. The Hall–Kier alpha value is -3.79. The number of aliphatic imine (C=N–C) groups is 1. The largest absolute Gasteiger partial charge is 0.439 e. The number of hydrogen-bond donors (Lipinski definition) is 1. The zero-order chi connectivity index (χ0) is 23.4. The molecule has 0 aliphatic carbocycles. The number of carbonyl (C=O) groups excluding carboxylic acids is 1. The van der Waals surface area contributed by atoms with E-state index >= 15 is 4.39 Å². The average Bonchev–Trinajstić information content (AvgIpc) is 3.36. The second kappa shape index (κ2) is 9.37. The average molecular weight is 452 g/mol. The normalized spacial score (nSPS) is 20.9. The van der Waals surface area contributed by atoms with Crippen molar-refractivity contribution in [1.82, 2.24) is 19.7 Å². The molecule has 1 aliphatic heterocycles. The Balaban J connectivity index is 1.74. The molecule has 2 aromatic heterocycles. The molecule has 1 aliphatic rings. The third-order valence-corrected chi connectivity index (χ3v) is 5.56. The maximum Gasteiger partial charge on any atom is 0.221 e. The van der Waals surface area contributed by atoms with Gasteiger partial charge in [-0.3, -0.25) is 0 Å². The summed E-state index contributed by atoms with van der Waals surface area (Å²) >= 11 is 0. The molecular formula is C23H25FN6O3. The molecule has 0 saturated carbocycles. The number of pyridine rings is 1. The van der Waals surface area contributed by atoms with Crippen LogP contribution in [-0.2, 0) is 15.1 Å². The lowest BCUT2D eigenvalue weighted by Gasteiger charge is -2.39. The maximum atomic E-state index is 15.2. The van der Waals surface area contributed by atoms with E-state index in [0.29, 0.717) is 24.7 Å². The van der Waals surface area contributed by atoms with Gasteiger partial charge in [0.15, 0.2) is 5.96 Å². The van der Waals surface area contributed by atoms with Crippen LogP contribution in [0.1, 0.15) is 12.0 Å². The smallest absolute Gasteiger partial charge is 0.221 e. The van der Waals surface area contributed by atoms with E-state index in [-0.39, 0.29) is 18.1 Å². The lowest BCUT2D eigenvalue weighted by molar-refractivity contribution is -0.118. The van der Waals surface area contributed by atoms with Crippen LogP contribution in [0.25, 0.3) is 5.69 Å². The summed E-state index contributed by atoms with van der Waals surface area (Å²) < 4.78 is 28.4. The first-order valence-electron chi connectivity index (χ1n) is 10.4. The number of aldehydes is 1. The Morgan fingerprint density at radius 3 is 2.94 bits per heavy atom. The number of ether oxygens (including phenoxy) is 2. The molecule has 2 N–H and O–H groups in total. The second-order valence-electron chi connectivity index (χ2n) is 7.92. The van der Waals surface area contributed by atoms with Crippen molar-refractivity contribution >= 4 is 12.2 Å². The minimum Gasteiger partial charge on any atom is -0.439 e. The molecule has 4 rings (SSSR count). The van der Waals surface area contributed by atoms with Gasteiger partial charge >= 0.3 is 0 Å². The summed E-state index contributed by atoms with van der Waals surface area (Å²) in [5.74, 6) is -0.349. The van der Waals surface area contributed by atoms with E-state index in [1.807, 2.05) is 6.07 Å². The van der Waals surface area contributed by atoms with Crippen molar-refractivity contribution in [3.05, 3.63) is 66.4 Å². The molecule has 0 bridgehead atoms. The third-order valence-electron chi connectivity index (χ3n) is 5.56. The van der Waals surface area contributed by atoms with Gasteiger partial charge in [-0.25, -0.2) is 19.0 Å². The van der Waals surface area contributed by atoms with Gasteiger partial charge in [0.25, 0.3) is 0 Å². The van der Waals surface area contributed by atoms with Crippen molar-refractivity contribution in [2.24, 2.45) is 16.6 Å². The molecule has 3 aromatic rings. The zero-order valence-electron chi connectivity index (χ0n) is 18.4. The van der Waals surface area contributed by atoms with Crippen molar-refractivity contribution < 1.29 is 18.7 Å². The Morgan fingerprint density at radius 1 is 1.36 bits per heavy atom. The SMILES string of the molecule is CN(C)C(N)=NC1(c2cc(Oc3cc(-n4cccn4)ccn3)ccc2F)COCCC1C=O. The van der Waals surface area contributed by atoms with Gasteiger partial charge in [-0.05, 0) is 36.8 Å². The summed E-state index contributed by atoms with van der Waals surface area (Å²) in [5.41, 5.74) is 5.71. The molecule has 1 aromatic carbocycles. The standard InChI is InChI=1S/C23H25FN6O3/c1-29(2)22(25)28-23(15-32-11-7-16(23)14-31)19-13-18(4-5-20(19)24)33-21-12-17(6-9-26-21)30-10-3-8-27-30/h3-6,8-10,12-14,16H,7,11,15H2,1-2H3,(H2,25,28). The summed E-state index contributed by atoms with van der Waals surface area (Å²) in [5, 5.41) is 4.20. The highest BCUT2D eigenvalue weighted by Gasteiger charge is 2.45. The number of nitrogens with zero attached hydrogens (tertiary/aromatic N) is 5. The van der Waals surface area contributed by atoms with Crippen molar-refractivity contribution in [2.45, 2.75) is 12.0 Å². The maximum absolute atomic E-state index is 15.2. The Labute approximate surface area is 190 Å². The summed E-state index contributed by atoms with van der Waals surface area (Å²) in [4.78, 5) is 22.4. The molecule has 33 heavy (non-hydrogen) atoms. The number of nitrogens with two attached hydrogens (primary N) is 1. The number of rotatable bonds is 6. The molecule has 3 heterocycles. The molecule has 1 saturated heterocycles. The Kier molecular flexibility index (Phi) is 6.36. The van der Waals surface area contributed by atoms with E-state index in [9.17, 15) is 4.79 Å². The predicted octanol–water partition coefficient (Wildman–Crippen LogP) is 2.51. The van der Waals surface area contributed by atoms with Crippen LogP contribution in [-0.4, -0.2) is 59.2 Å². The van der Waals surface area contributed by atoms with E-state index in [2.05, 4.69) is 15.1 Å². The number of benzene rings is 1. The highest BCUT2D eigenvalue weighted by molar-refractivity contribution is 5.78. The number of halogens is 1. The van der Waals surface area contributed by atoms with Gasteiger partial charge in [0.05, 0.1) is 12.3 Å². The quantitative estimate of drug-likeness (QED) is 0.348. The number of hydrogen-bond acceptors (Lipinski definition) is 6. The van der Waals surface area contributed by atoms with Gasteiger partial charge in [-0.1, -0.05) is 0 Å².